The molecule has 0 spiro atoms. The lowest BCUT2D eigenvalue weighted by atomic mass is 9.77. The van der Waals surface area contributed by atoms with Crippen LogP contribution in [-0.2, 0) is 4.74 Å². The highest BCUT2D eigenvalue weighted by Crippen LogP contribution is 2.34. The zero-order valence-electron chi connectivity index (χ0n) is 11.4. The van der Waals surface area contributed by atoms with Crippen LogP contribution in [0.3, 0.4) is 0 Å². The first-order chi connectivity index (χ1) is 8.78. The van der Waals surface area contributed by atoms with Crippen molar-refractivity contribution in [2.24, 2.45) is 11.3 Å². The van der Waals surface area contributed by atoms with Crippen LogP contribution in [0.25, 0.3) is 0 Å². The summed E-state index contributed by atoms with van der Waals surface area (Å²) < 4.78 is 5.42. The fraction of sp³-hybridized carbons (Fsp3) is 0.867. The summed E-state index contributed by atoms with van der Waals surface area (Å²) in [5, 5.41) is 9.70. The second kappa shape index (κ2) is 6.69. The highest BCUT2D eigenvalue weighted by molar-refractivity contribution is 4.92. The van der Waals surface area contributed by atoms with Crippen molar-refractivity contribution < 1.29 is 9.84 Å². The highest BCUT2D eigenvalue weighted by Gasteiger charge is 2.34. The van der Waals surface area contributed by atoms with Crippen LogP contribution in [-0.4, -0.2) is 49.5 Å². The smallest absolute Gasteiger partial charge is 0.0502 e. The van der Waals surface area contributed by atoms with Gasteiger partial charge >= 0.3 is 0 Å². The molecular formula is C15H27NO2. The number of nitrogens with zero attached hydrogens (tertiary/aromatic N) is 1. The van der Waals surface area contributed by atoms with E-state index in [1.165, 1.54) is 32.4 Å². The minimum absolute atomic E-state index is 0.0746. The first-order valence-electron chi connectivity index (χ1n) is 7.30. The van der Waals surface area contributed by atoms with Crippen LogP contribution < -0.4 is 0 Å². The summed E-state index contributed by atoms with van der Waals surface area (Å²) in [7, 11) is 0. The number of aliphatic hydroxyl groups excluding tert-OH is 1. The van der Waals surface area contributed by atoms with Crippen LogP contribution in [0.4, 0.5) is 0 Å². The van der Waals surface area contributed by atoms with Gasteiger partial charge in [0.15, 0.2) is 0 Å². The summed E-state index contributed by atoms with van der Waals surface area (Å²) in [5.41, 5.74) is 0.0746. The van der Waals surface area contributed by atoms with Crippen LogP contribution in [0.2, 0.25) is 0 Å². The number of ether oxygens (including phenoxy) is 1. The molecule has 18 heavy (non-hydrogen) atoms. The molecule has 0 amide bonds. The number of rotatable bonds is 5. The molecule has 0 aliphatic carbocycles. The summed E-state index contributed by atoms with van der Waals surface area (Å²) >= 11 is 0. The lowest BCUT2D eigenvalue weighted by molar-refractivity contribution is 0.00864. The van der Waals surface area contributed by atoms with E-state index in [-0.39, 0.29) is 5.41 Å². The fourth-order valence-corrected chi connectivity index (χ4v) is 3.43. The zero-order chi connectivity index (χ0) is 12.8. The second-order valence-electron chi connectivity index (χ2n) is 6.05. The van der Waals surface area contributed by atoms with Crippen molar-refractivity contribution in [3.05, 3.63) is 12.7 Å². The average Bonchev–Trinajstić information content (AvgIpc) is 2.41. The predicted molar refractivity (Wildman–Crippen MR) is 73.5 cm³/mol. The van der Waals surface area contributed by atoms with Gasteiger partial charge in [-0.25, -0.2) is 0 Å². The lowest BCUT2D eigenvalue weighted by Crippen LogP contribution is -2.47. The summed E-state index contributed by atoms with van der Waals surface area (Å²) in [6.45, 7) is 9.40. The Kier molecular flexibility index (Phi) is 5.22. The van der Waals surface area contributed by atoms with E-state index < -0.39 is 0 Å². The van der Waals surface area contributed by atoms with Crippen molar-refractivity contribution in [2.45, 2.75) is 32.1 Å². The number of aliphatic hydroxyl groups is 1. The first-order valence-corrected chi connectivity index (χ1v) is 7.30. The zero-order valence-corrected chi connectivity index (χ0v) is 11.4. The molecule has 0 bridgehead atoms. The van der Waals surface area contributed by atoms with Crippen molar-refractivity contribution in [3.8, 4) is 0 Å². The number of piperidine rings is 1. The van der Waals surface area contributed by atoms with Crippen molar-refractivity contribution in [1.82, 2.24) is 4.90 Å². The van der Waals surface area contributed by atoms with E-state index >= 15 is 0 Å². The molecule has 3 heteroatoms. The van der Waals surface area contributed by atoms with Gasteiger partial charge in [0.1, 0.15) is 0 Å². The molecule has 1 atom stereocenters. The Morgan fingerprint density at radius 3 is 2.83 bits per heavy atom. The third-order valence-electron chi connectivity index (χ3n) is 4.51. The van der Waals surface area contributed by atoms with Crippen LogP contribution >= 0.6 is 0 Å². The molecule has 104 valence electrons. The molecule has 2 fully saturated rings. The SMILES string of the molecule is C=CCC1(CO)CCCN(CC2CCOCC2)C1. The molecule has 1 N–H and O–H groups in total. The lowest BCUT2D eigenvalue weighted by Gasteiger charge is -2.43. The van der Waals surface area contributed by atoms with Gasteiger partial charge in [-0.05, 0) is 44.6 Å². The van der Waals surface area contributed by atoms with Gasteiger partial charge in [-0.3, -0.25) is 0 Å². The van der Waals surface area contributed by atoms with Gasteiger partial charge in [0.2, 0.25) is 0 Å². The molecular weight excluding hydrogens is 226 g/mol. The third kappa shape index (κ3) is 3.56. The second-order valence-corrected chi connectivity index (χ2v) is 6.05. The van der Waals surface area contributed by atoms with E-state index in [1.54, 1.807) is 0 Å². The molecule has 2 saturated heterocycles. The predicted octanol–water partition coefficient (Wildman–Crippen LogP) is 2.06. The van der Waals surface area contributed by atoms with Crippen LogP contribution in [0.5, 0.6) is 0 Å². The van der Waals surface area contributed by atoms with E-state index in [1.807, 2.05) is 6.08 Å². The van der Waals surface area contributed by atoms with Crippen molar-refractivity contribution in [2.75, 3.05) is 39.5 Å². The standard InChI is InChI=1S/C15H27NO2/c1-2-6-15(13-17)7-3-8-16(12-15)11-14-4-9-18-10-5-14/h2,14,17H,1,3-13H2. The van der Waals surface area contributed by atoms with Crippen LogP contribution in [0.15, 0.2) is 12.7 Å². The van der Waals surface area contributed by atoms with E-state index in [4.69, 9.17) is 4.74 Å². The van der Waals surface area contributed by atoms with Crippen LogP contribution in [0, 0.1) is 11.3 Å². The summed E-state index contributed by atoms with van der Waals surface area (Å²) in [6, 6.07) is 0. The average molecular weight is 253 g/mol. The Bertz CT molecular complexity index is 263. The largest absolute Gasteiger partial charge is 0.396 e. The van der Waals surface area contributed by atoms with Crippen molar-refractivity contribution in [3.63, 3.8) is 0 Å². The Hall–Kier alpha value is -0.380. The van der Waals surface area contributed by atoms with Crippen molar-refractivity contribution in [1.29, 1.82) is 0 Å². The molecule has 1 unspecified atom stereocenters. The Morgan fingerprint density at radius 1 is 1.39 bits per heavy atom. The van der Waals surface area contributed by atoms with Crippen molar-refractivity contribution >= 4 is 0 Å². The van der Waals surface area contributed by atoms with Gasteiger partial charge in [-0.1, -0.05) is 6.08 Å². The number of allylic oxidation sites excluding steroid dienone is 1. The maximum atomic E-state index is 9.70. The Morgan fingerprint density at radius 2 is 2.17 bits per heavy atom. The first kappa shape index (κ1) is 14.0. The summed E-state index contributed by atoms with van der Waals surface area (Å²) in [4.78, 5) is 2.55. The van der Waals surface area contributed by atoms with E-state index in [0.717, 1.165) is 38.5 Å². The van der Waals surface area contributed by atoms with Gasteiger partial charge in [0, 0.05) is 31.7 Å². The van der Waals surface area contributed by atoms with Crippen LogP contribution in [0.1, 0.15) is 32.1 Å². The third-order valence-corrected chi connectivity index (χ3v) is 4.51. The van der Waals surface area contributed by atoms with Gasteiger partial charge < -0.3 is 14.7 Å². The summed E-state index contributed by atoms with van der Waals surface area (Å²) in [5.74, 6) is 0.789. The molecule has 2 aliphatic heterocycles. The minimum atomic E-state index is 0.0746. The number of hydrogen-bond acceptors (Lipinski definition) is 3. The van der Waals surface area contributed by atoms with E-state index in [9.17, 15) is 5.11 Å². The normalized spacial score (nSPS) is 31.4. The topological polar surface area (TPSA) is 32.7 Å². The molecule has 0 aromatic rings. The molecule has 0 saturated carbocycles. The quantitative estimate of drug-likeness (QED) is 0.761. The number of hydrogen-bond donors (Lipinski definition) is 1. The Balaban J connectivity index is 1.86. The maximum absolute atomic E-state index is 9.70. The molecule has 2 rings (SSSR count). The minimum Gasteiger partial charge on any atom is -0.396 e. The fourth-order valence-electron chi connectivity index (χ4n) is 3.43. The van der Waals surface area contributed by atoms with Gasteiger partial charge in [0.25, 0.3) is 0 Å². The van der Waals surface area contributed by atoms with E-state index in [2.05, 4.69) is 11.5 Å². The molecule has 0 aromatic carbocycles. The monoisotopic (exact) mass is 253 g/mol. The molecule has 0 radical (unpaired) electrons. The van der Waals surface area contributed by atoms with E-state index in [0.29, 0.717) is 6.61 Å². The van der Waals surface area contributed by atoms with Gasteiger partial charge in [-0.15, -0.1) is 6.58 Å². The van der Waals surface area contributed by atoms with Gasteiger partial charge in [-0.2, -0.15) is 0 Å². The Labute approximate surface area is 111 Å². The highest BCUT2D eigenvalue weighted by atomic mass is 16.5. The molecule has 2 heterocycles. The molecule has 2 aliphatic rings. The molecule has 0 aromatic heterocycles. The summed E-state index contributed by atoms with van der Waals surface area (Å²) in [6.07, 6.45) is 7.65. The maximum Gasteiger partial charge on any atom is 0.0502 e. The number of likely N-dealkylation sites (tertiary alicyclic amines) is 1. The van der Waals surface area contributed by atoms with Gasteiger partial charge in [0.05, 0.1) is 6.61 Å². The molecule has 3 nitrogen and oxygen atoms in total.